The highest BCUT2D eigenvalue weighted by Crippen LogP contribution is 2.36. The molecule has 0 bridgehead atoms. The standard InChI is InChI=1S/C13H24O2Si/c1-14-10-9-13(16(3,4)5)11-7-6-8-12(11)15-2/h8-9,11H,6-7,10H2,1-5H3/b13-9-. The number of ether oxygens (including phenoxy) is 2. The van der Waals surface area contributed by atoms with E-state index < -0.39 is 8.07 Å². The molecule has 0 radical (unpaired) electrons. The molecular weight excluding hydrogens is 216 g/mol. The lowest BCUT2D eigenvalue weighted by molar-refractivity contribution is 0.231. The summed E-state index contributed by atoms with van der Waals surface area (Å²) in [6.07, 6.45) is 6.84. The largest absolute Gasteiger partial charge is 0.501 e. The van der Waals surface area contributed by atoms with Gasteiger partial charge in [-0.25, -0.2) is 0 Å². The lowest BCUT2D eigenvalue weighted by Crippen LogP contribution is -2.30. The second-order valence-electron chi connectivity index (χ2n) is 5.31. The van der Waals surface area contributed by atoms with Crippen LogP contribution in [0, 0.1) is 5.92 Å². The quantitative estimate of drug-likeness (QED) is 0.686. The maximum atomic E-state index is 5.48. The highest BCUT2D eigenvalue weighted by molar-refractivity contribution is 6.83. The van der Waals surface area contributed by atoms with Crippen molar-refractivity contribution in [3.63, 3.8) is 0 Å². The maximum absolute atomic E-state index is 5.48. The average Bonchev–Trinajstić information content (AvgIpc) is 2.64. The topological polar surface area (TPSA) is 18.5 Å². The van der Waals surface area contributed by atoms with Gasteiger partial charge in [0.25, 0.3) is 0 Å². The van der Waals surface area contributed by atoms with Crippen molar-refractivity contribution in [3.05, 3.63) is 23.1 Å². The minimum atomic E-state index is -1.29. The summed E-state index contributed by atoms with van der Waals surface area (Å²) >= 11 is 0. The Labute approximate surface area is 100 Å². The highest BCUT2D eigenvalue weighted by atomic mass is 28.3. The molecule has 1 rings (SSSR count). The van der Waals surface area contributed by atoms with Crippen molar-refractivity contribution in [2.75, 3.05) is 20.8 Å². The molecule has 0 aromatic heterocycles. The van der Waals surface area contributed by atoms with Crippen LogP contribution in [0.4, 0.5) is 0 Å². The van der Waals surface area contributed by atoms with E-state index in [2.05, 4.69) is 31.8 Å². The van der Waals surface area contributed by atoms with Gasteiger partial charge in [-0.3, -0.25) is 0 Å². The number of hydrogen-bond acceptors (Lipinski definition) is 2. The van der Waals surface area contributed by atoms with Crippen LogP contribution < -0.4 is 0 Å². The molecular formula is C13H24O2Si. The molecule has 2 nitrogen and oxygen atoms in total. The van der Waals surface area contributed by atoms with Gasteiger partial charge in [0.15, 0.2) is 0 Å². The maximum Gasteiger partial charge on any atom is 0.0983 e. The van der Waals surface area contributed by atoms with Gasteiger partial charge in [-0.2, -0.15) is 0 Å². The molecule has 0 fully saturated rings. The third kappa shape index (κ3) is 3.22. The van der Waals surface area contributed by atoms with Crippen LogP contribution in [0.1, 0.15) is 12.8 Å². The SMILES string of the molecule is COC/C=C(/C1CCC=C1OC)[Si](C)(C)C. The van der Waals surface area contributed by atoms with Gasteiger partial charge < -0.3 is 9.47 Å². The molecule has 0 aliphatic heterocycles. The van der Waals surface area contributed by atoms with Crippen molar-refractivity contribution in [3.8, 4) is 0 Å². The molecule has 0 aromatic rings. The van der Waals surface area contributed by atoms with Crippen molar-refractivity contribution in [2.45, 2.75) is 32.5 Å². The Bertz CT molecular complexity index is 287. The fraction of sp³-hybridized carbons (Fsp3) is 0.692. The summed E-state index contributed by atoms with van der Waals surface area (Å²) in [7, 11) is 2.24. The Morgan fingerprint density at radius 3 is 2.62 bits per heavy atom. The van der Waals surface area contributed by atoms with Gasteiger partial charge in [-0.05, 0) is 18.9 Å². The molecule has 0 N–H and O–H groups in total. The molecule has 1 unspecified atom stereocenters. The summed E-state index contributed by atoms with van der Waals surface area (Å²) in [4.78, 5) is 0. The molecule has 0 spiro atoms. The number of allylic oxidation sites excluding steroid dienone is 2. The van der Waals surface area contributed by atoms with E-state index in [1.807, 2.05) is 0 Å². The molecule has 92 valence electrons. The van der Waals surface area contributed by atoms with Crippen molar-refractivity contribution < 1.29 is 9.47 Å². The van der Waals surface area contributed by atoms with Crippen LogP contribution in [0.15, 0.2) is 23.1 Å². The zero-order valence-corrected chi connectivity index (χ0v) is 12.2. The van der Waals surface area contributed by atoms with E-state index in [-0.39, 0.29) is 0 Å². The smallest absolute Gasteiger partial charge is 0.0983 e. The fourth-order valence-corrected chi connectivity index (χ4v) is 4.38. The van der Waals surface area contributed by atoms with Crippen LogP contribution in [-0.2, 0) is 9.47 Å². The first-order valence-electron chi connectivity index (χ1n) is 5.94. The molecule has 0 saturated heterocycles. The minimum absolute atomic E-state index is 0.506. The summed E-state index contributed by atoms with van der Waals surface area (Å²) in [6, 6.07) is 0. The number of rotatable bonds is 5. The Kier molecular flexibility index (Phi) is 4.81. The molecule has 0 saturated carbocycles. The zero-order valence-electron chi connectivity index (χ0n) is 11.2. The first kappa shape index (κ1) is 13.5. The second-order valence-corrected chi connectivity index (χ2v) is 10.4. The van der Waals surface area contributed by atoms with Gasteiger partial charge in [-0.15, -0.1) is 0 Å². The Hall–Kier alpha value is -0.543. The number of hydrogen-bond donors (Lipinski definition) is 0. The third-order valence-corrected chi connectivity index (χ3v) is 5.38. The summed E-state index contributed by atoms with van der Waals surface area (Å²) in [5.74, 6) is 1.66. The summed E-state index contributed by atoms with van der Waals surface area (Å²) < 4.78 is 10.7. The van der Waals surface area contributed by atoms with Gasteiger partial charge in [0.2, 0.25) is 0 Å². The molecule has 0 amide bonds. The van der Waals surface area contributed by atoms with Crippen LogP contribution in [0.5, 0.6) is 0 Å². The van der Waals surface area contributed by atoms with Gasteiger partial charge in [0, 0.05) is 13.0 Å². The van der Waals surface area contributed by atoms with E-state index in [1.54, 1.807) is 19.4 Å². The Morgan fingerprint density at radius 2 is 2.12 bits per heavy atom. The van der Waals surface area contributed by atoms with Gasteiger partial charge in [-0.1, -0.05) is 30.9 Å². The summed E-state index contributed by atoms with van der Waals surface area (Å²) in [5, 5.41) is 1.57. The fourth-order valence-electron chi connectivity index (χ4n) is 2.36. The molecule has 0 aromatic carbocycles. The molecule has 1 aliphatic rings. The van der Waals surface area contributed by atoms with Crippen molar-refractivity contribution in [2.24, 2.45) is 5.92 Å². The lowest BCUT2D eigenvalue weighted by atomic mass is 10.1. The van der Waals surface area contributed by atoms with Crippen molar-refractivity contribution in [1.29, 1.82) is 0 Å². The van der Waals surface area contributed by atoms with E-state index in [1.165, 1.54) is 6.42 Å². The lowest BCUT2D eigenvalue weighted by Gasteiger charge is -2.28. The van der Waals surface area contributed by atoms with E-state index in [0.29, 0.717) is 12.5 Å². The van der Waals surface area contributed by atoms with Crippen molar-refractivity contribution >= 4 is 8.07 Å². The molecule has 3 heteroatoms. The second kappa shape index (κ2) is 5.69. The monoisotopic (exact) mass is 240 g/mol. The molecule has 1 atom stereocenters. The normalized spacial score (nSPS) is 22.2. The average molecular weight is 240 g/mol. The Morgan fingerprint density at radius 1 is 1.44 bits per heavy atom. The van der Waals surface area contributed by atoms with Gasteiger partial charge in [0.1, 0.15) is 0 Å². The predicted molar refractivity (Wildman–Crippen MR) is 71.1 cm³/mol. The van der Waals surface area contributed by atoms with E-state index >= 15 is 0 Å². The van der Waals surface area contributed by atoms with Crippen LogP contribution >= 0.6 is 0 Å². The molecule has 16 heavy (non-hydrogen) atoms. The molecule has 1 aliphatic carbocycles. The van der Waals surface area contributed by atoms with E-state index in [4.69, 9.17) is 9.47 Å². The van der Waals surface area contributed by atoms with Gasteiger partial charge >= 0.3 is 0 Å². The first-order chi connectivity index (χ1) is 7.50. The van der Waals surface area contributed by atoms with Crippen LogP contribution in [0.2, 0.25) is 19.6 Å². The third-order valence-electron chi connectivity index (χ3n) is 3.09. The van der Waals surface area contributed by atoms with E-state index in [9.17, 15) is 0 Å². The van der Waals surface area contributed by atoms with Crippen LogP contribution in [0.25, 0.3) is 0 Å². The van der Waals surface area contributed by atoms with Crippen LogP contribution in [-0.4, -0.2) is 28.9 Å². The molecule has 0 heterocycles. The first-order valence-corrected chi connectivity index (χ1v) is 9.44. The van der Waals surface area contributed by atoms with Crippen molar-refractivity contribution in [1.82, 2.24) is 0 Å². The summed E-state index contributed by atoms with van der Waals surface area (Å²) in [6.45, 7) is 7.88. The van der Waals surface area contributed by atoms with Gasteiger partial charge in [0.05, 0.1) is 27.5 Å². The van der Waals surface area contributed by atoms with E-state index in [0.717, 1.165) is 12.2 Å². The number of methoxy groups -OCH3 is 2. The zero-order chi connectivity index (χ0) is 12.2. The Balaban J connectivity index is 2.90. The summed E-state index contributed by atoms with van der Waals surface area (Å²) in [5.41, 5.74) is 0. The highest BCUT2D eigenvalue weighted by Gasteiger charge is 2.31. The minimum Gasteiger partial charge on any atom is -0.501 e. The predicted octanol–water partition coefficient (Wildman–Crippen LogP) is 3.38. The van der Waals surface area contributed by atoms with Crippen LogP contribution in [0.3, 0.4) is 0 Å².